The molecule has 0 saturated heterocycles. The molecular weight excluding hydrogens is 671 g/mol. The lowest BCUT2D eigenvalue weighted by molar-refractivity contribution is 0.660. The van der Waals surface area contributed by atoms with Crippen LogP contribution in [0, 0.1) is 0 Å². The summed E-state index contributed by atoms with van der Waals surface area (Å²) in [6.07, 6.45) is 2.04. The van der Waals surface area contributed by atoms with Crippen molar-refractivity contribution in [1.82, 2.24) is 0 Å². The first-order chi connectivity index (χ1) is 26.9. The molecule has 0 N–H and O–H groups in total. The maximum atomic E-state index is 6.71. The molecule has 10 rings (SSSR count). The van der Waals surface area contributed by atoms with Crippen molar-refractivity contribution in [3.8, 4) is 11.1 Å². The van der Waals surface area contributed by atoms with Crippen LogP contribution in [0.2, 0.25) is 0 Å². The van der Waals surface area contributed by atoms with Crippen LogP contribution in [-0.4, -0.2) is 11.5 Å². The number of benzene rings is 7. The quantitative estimate of drug-likeness (QED) is 0.173. The Morgan fingerprint density at radius 3 is 1.96 bits per heavy atom. The van der Waals surface area contributed by atoms with E-state index in [1.54, 1.807) is 0 Å². The van der Waals surface area contributed by atoms with E-state index in [0.29, 0.717) is 5.84 Å². The first kappa shape index (κ1) is 32.6. The fourth-order valence-corrected chi connectivity index (χ4v) is 8.31. The van der Waals surface area contributed by atoms with Gasteiger partial charge in [-0.15, -0.1) is 0 Å². The number of amidine groups is 1. The summed E-state index contributed by atoms with van der Waals surface area (Å²) in [7, 11) is 0. The number of furan rings is 1. The van der Waals surface area contributed by atoms with E-state index >= 15 is 0 Å². The second-order valence-corrected chi connectivity index (χ2v) is 14.7. The van der Waals surface area contributed by atoms with E-state index in [9.17, 15) is 0 Å². The third kappa shape index (κ3) is 5.45. The minimum absolute atomic E-state index is 0.154. The first-order valence-electron chi connectivity index (χ1n) is 18.7. The van der Waals surface area contributed by atoms with Gasteiger partial charge in [0.1, 0.15) is 11.2 Å². The largest absolute Gasteiger partial charge is 0.456 e. The molecule has 0 unspecified atom stereocenters. The van der Waals surface area contributed by atoms with Gasteiger partial charge in [-0.2, -0.15) is 0 Å². The number of aliphatic imine (C=N–C) groups is 2. The van der Waals surface area contributed by atoms with Crippen molar-refractivity contribution in [2.24, 2.45) is 9.98 Å². The molecular formula is C51H37N3O. The van der Waals surface area contributed by atoms with Crippen LogP contribution < -0.4 is 4.90 Å². The third-order valence-corrected chi connectivity index (χ3v) is 11.0. The Morgan fingerprint density at radius 1 is 0.527 bits per heavy atom. The Bertz CT molecular complexity index is 2900. The number of allylic oxidation sites excluding steroid dienone is 2. The van der Waals surface area contributed by atoms with Crippen LogP contribution in [-0.2, 0) is 5.41 Å². The number of nitrogens with zero attached hydrogens (tertiary/aromatic N) is 3. The van der Waals surface area contributed by atoms with E-state index in [1.165, 1.54) is 22.3 Å². The topological polar surface area (TPSA) is 41.1 Å². The lowest BCUT2D eigenvalue weighted by Crippen LogP contribution is -2.16. The van der Waals surface area contributed by atoms with Crippen LogP contribution >= 0.6 is 0 Å². The lowest BCUT2D eigenvalue weighted by Gasteiger charge is -2.28. The van der Waals surface area contributed by atoms with Crippen molar-refractivity contribution in [3.05, 3.63) is 216 Å². The van der Waals surface area contributed by atoms with E-state index in [-0.39, 0.29) is 5.41 Å². The van der Waals surface area contributed by atoms with Crippen molar-refractivity contribution in [3.63, 3.8) is 0 Å². The fraction of sp³-hybridized carbons (Fsp3) is 0.0588. The van der Waals surface area contributed by atoms with E-state index in [4.69, 9.17) is 14.4 Å². The van der Waals surface area contributed by atoms with E-state index in [1.807, 2.05) is 54.6 Å². The van der Waals surface area contributed by atoms with Gasteiger partial charge in [-0.25, -0.2) is 9.98 Å². The van der Waals surface area contributed by atoms with Crippen molar-refractivity contribution in [1.29, 1.82) is 0 Å². The van der Waals surface area contributed by atoms with Crippen LogP contribution in [0.3, 0.4) is 0 Å². The first-order valence-corrected chi connectivity index (χ1v) is 18.7. The fourth-order valence-electron chi connectivity index (χ4n) is 8.31. The Labute approximate surface area is 320 Å². The Kier molecular flexibility index (Phi) is 7.60. The lowest BCUT2D eigenvalue weighted by atomic mass is 9.82. The zero-order valence-corrected chi connectivity index (χ0v) is 30.7. The molecule has 7 aromatic carbocycles. The second kappa shape index (κ2) is 12.8. The smallest absolute Gasteiger partial charge is 0.161 e. The van der Waals surface area contributed by atoms with Gasteiger partial charge in [-0.1, -0.05) is 148 Å². The molecule has 0 atom stereocenters. The molecule has 0 radical (unpaired) electrons. The summed E-state index contributed by atoms with van der Waals surface area (Å²) in [5, 5.41) is 1.97. The minimum atomic E-state index is -0.154. The highest BCUT2D eigenvalue weighted by atomic mass is 16.3. The van der Waals surface area contributed by atoms with Gasteiger partial charge in [0.2, 0.25) is 0 Å². The standard InChI is InChI=1S/C51H37N3O/c1-33-29-45(34-17-7-4-8-18-34)52-50(53-49(33)35-19-9-5-10-20-35)42-30-38(32-47-48(42)41-24-14-16-26-46(41)55-47)54(36-21-11-6-12-22-36)37-27-28-40-39-23-13-15-25-43(39)51(2,3)44(40)31-37/h4-32H,1H2,2-3H3. The van der Waals surface area contributed by atoms with Crippen LogP contribution in [0.1, 0.15) is 41.7 Å². The molecule has 0 saturated carbocycles. The SMILES string of the molecule is C=C1C=C(c2ccccc2)N=C(c2cc(N(c3ccccc3)c3ccc4c(c3)C(C)(C)c3ccccc3-4)cc3oc4ccccc4c23)N=C1c1ccccc1. The number of anilines is 3. The highest BCUT2D eigenvalue weighted by Crippen LogP contribution is 2.51. The summed E-state index contributed by atoms with van der Waals surface area (Å²) in [4.78, 5) is 13.1. The highest BCUT2D eigenvalue weighted by Gasteiger charge is 2.36. The van der Waals surface area contributed by atoms with Crippen LogP contribution in [0.5, 0.6) is 0 Å². The summed E-state index contributed by atoms with van der Waals surface area (Å²) >= 11 is 0. The number of fused-ring (bicyclic) bond motifs is 6. The van der Waals surface area contributed by atoms with Gasteiger partial charge in [-0.3, -0.25) is 0 Å². The summed E-state index contributed by atoms with van der Waals surface area (Å²) in [5.41, 5.74) is 14.9. The molecule has 1 aromatic heterocycles. The summed E-state index contributed by atoms with van der Waals surface area (Å²) in [6.45, 7) is 9.16. The van der Waals surface area contributed by atoms with Crippen molar-refractivity contribution < 1.29 is 4.42 Å². The molecule has 55 heavy (non-hydrogen) atoms. The van der Waals surface area contributed by atoms with Gasteiger partial charge in [0, 0.05) is 50.3 Å². The zero-order valence-electron chi connectivity index (χ0n) is 30.7. The molecule has 262 valence electrons. The number of para-hydroxylation sites is 2. The van der Waals surface area contributed by atoms with Crippen molar-refractivity contribution in [2.75, 3.05) is 4.90 Å². The predicted molar refractivity (Wildman–Crippen MR) is 229 cm³/mol. The summed E-state index contributed by atoms with van der Waals surface area (Å²) < 4.78 is 6.71. The van der Waals surface area contributed by atoms with Gasteiger partial charge in [0.15, 0.2) is 5.84 Å². The molecule has 0 spiro atoms. The normalized spacial score (nSPS) is 14.5. The maximum absolute atomic E-state index is 6.71. The summed E-state index contributed by atoms with van der Waals surface area (Å²) in [5.74, 6) is 0.588. The van der Waals surface area contributed by atoms with Gasteiger partial charge in [0.25, 0.3) is 0 Å². The molecule has 0 bridgehead atoms. The average Bonchev–Trinajstić information content (AvgIpc) is 3.64. The summed E-state index contributed by atoms with van der Waals surface area (Å²) in [6, 6.07) is 59.3. The zero-order chi connectivity index (χ0) is 37.1. The predicted octanol–water partition coefficient (Wildman–Crippen LogP) is 13.2. The Balaban J connectivity index is 1.25. The van der Waals surface area contributed by atoms with E-state index < -0.39 is 0 Å². The van der Waals surface area contributed by atoms with Crippen LogP contribution in [0.15, 0.2) is 202 Å². The van der Waals surface area contributed by atoms with E-state index in [0.717, 1.165) is 72.7 Å². The Morgan fingerprint density at radius 2 is 1.18 bits per heavy atom. The number of rotatable bonds is 6. The molecule has 4 heteroatoms. The second-order valence-electron chi connectivity index (χ2n) is 14.7. The number of hydrogen-bond donors (Lipinski definition) is 0. The Hall–Kier alpha value is -7.04. The van der Waals surface area contributed by atoms with Gasteiger partial charge in [-0.05, 0) is 70.3 Å². The molecule has 0 amide bonds. The third-order valence-electron chi connectivity index (χ3n) is 11.0. The molecule has 2 heterocycles. The molecule has 1 aliphatic heterocycles. The van der Waals surface area contributed by atoms with Crippen LogP contribution in [0.25, 0.3) is 38.8 Å². The molecule has 8 aromatic rings. The van der Waals surface area contributed by atoms with Gasteiger partial charge < -0.3 is 9.32 Å². The minimum Gasteiger partial charge on any atom is -0.456 e. The molecule has 2 aliphatic rings. The molecule has 4 nitrogen and oxygen atoms in total. The number of hydrogen-bond acceptors (Lipinski definition) is 4. The average molecular weight is 708 g/mol. The highest BCUT2D eigenvalue weighted by molar-refractivity contribution is 6.27. The molecule has 1 aliphatic carbocycles. The van der Waals surface area contributed by atoms with Gasteiger partial charge >= 0.3 is 0 Å². The van der Waals surface area contributed by atoms with Crippen molar-refractivity contribution >= 4 is 56.2 Å². The monoisotopic (exact) mass is 707 g/mol. The van der Waals surface area contributed by atoms with E-state index in [2.05, 4.69) is 147 Å². The van der Waals surface area contributed by atoms with Gasteiger partial charge in [0.05, 0.1) is 17.1 Å². The maximum Gasteiger partial charge on any atom is 0.161 e. The van der Waals surface area contributed by atoms with Crippen LogP contribution in [0.4, 0.5) is 17.1 Å². The van der Waals surface area contributed by atoms with Crippen molar-refractivity contribution in [2.45, 2.75) is 19.3 Å². The molecule has 0 fully saturated rings.